The molecule has 0 amide bonds. The highest BCUT2D eigenvalue weighted by atomic mass is 28.4. The first-order chi connectivity index (χ1) is 12.1. The fraction of sp³-hybridized carbons (Fsp3) is 1.00. The first-order valence-corrected chi connectivity index (χ1v) is 16.7. The Morgan fingerprint density at radius 1 is 1.12 bits per heavy atom. The van der Waals surface area contributed by atoms with Gasteiger partial charge in [-0.1, -0.05) is 38.8 Å². The molecule has 0 radical (unpaired) electrons. The predicted octanol–water partition coefficient (Wildman–Crippen LogP) is 5.74. The first kappa shape index (κ1) is 24.4. The minimum atomic E-state index is -2.02. The molecule has 156 valence electrons. The summed E-state index contributed by atoms with van der Waals surface area (Å²) in [7, 11) is -2.78. The molecule has 26 heavy (non-hydrogen) atoms. The van der Waals surface area contributed by atoms with Crippen LogP contribution in [0.5, 0.6) is 0 Å². The van der Waals surface area contributed by atoms with Crippen molar-refractivity contribution in [2.45, 2.75) is 123 Å². The van der Waals surface area contributed by atoms with E-state index in [1.54, 1.807) is 0 Å². The number of unbranched alkanes of at least 4 members (excludes halogenated alkanes) is 1. The van der Waals surface area contributed by atoms with Crippen LogP contribution >= 0.6 is 0 Å². The lowest BCUT2D eigenvalue weighted by Crippen LogP contribution is -2.49. The van der Waals surface area contributed by atoms with Gasteiger partial charge in [-0.3, -0.25) is 4.90 Å². The Bertz CT molecular complexity index is 381. The normalized spacial score (nSPS) is 20.5. The lowest BCUT2D eigenvalue weighted by atomic mass is 9.90. The minimum absolute atomic E-state index is 0.275. The van der Waals surface area contributed by atoms with Gasteiger partial charge in [-0.05, 0) is 73.0 Å². The highest BCUT2D eigenvalue weighted by molar-refractivity contribution is 6.67. The van der Waals surface area contributed by atoms with Crippen molar-refractivity contribution in [2.75, 3.05) is 13.2 Å². The third-order valence-electron chi connectivity index (χ3n) is 5.98. The molecule has 0 saturated heterocycles. The molecule has 3 nitrogen and oxygen atoms in total. The average molecular weight is 402 g/mol. The van der Waals surface area contributed by atoms with Gasteiger partial charge in [0.2, 0.25) is 0 Å². The molecule has 0 spiro atoms. The number of hydrogen-bond donors (Lipinski definition) is 0. The quantitative estimate of drug-likeness (QED) is 0.325. The van der Waals surface area contributed by atoms with E-state index < -0.39 is 17.4 Å². The van der Waals surface area contributed by atoms with E-state index in [1.165, 1.54) is 51.5 Å². The zero-order valence-corrected chi connectivity index (χ0v) is 21.2. The Balaban J connectivity index is 2.53. The van der Waals surface area contributed by atoms with E-state index in [0.29, 0.717) is 5.73 Å². The van der Waals surface area contributed by atoms with E-state index in [2.05, 4.69) is 59.2 Å². The summed E-state index contributed by atoms with van der Waals surface area (Å²) in [6.07, 6.45) is 9.54. The van der Waals surface area contributed by atoms with Crippen LogP contribution in [0.15, 0.2) is 0 Å². The molecule has 0 aromatic carbocycles. The van der Waals surface area contributed by atoms with Crippen molar-refractivity contribution in [1.82, 2.24) is 4.90 Å². The Hall–Kier alpha value is 0.314. The molecule has 0 aromatic heterocycles. The van der Waals surface area contributed by atoms with Crippen LogP contribution in [0.4, 0.5) is 0 Å². The van der Waals surface area contributed by atoms with E-state index in [4.69, 9.17) is 8.85 Å². The molecule has 1 aliphatic carbocycles. The monoisotopic (exact) mass is 401 g/mol. The van der Waals surface area contributed by atoms with E-state index in [-0.39, 0.29) is 5.54 Å². The van der Waals surface area contributed by atoms with Gasteiger partial charge < -0.3 is 8.85 Å². The molecule has 2 atom stereocenters. The number of nitrogens with zero attached hydrogens (tertiary/aromatic N) is 1. The van der Waals surface area contributed by atoms with Crippen LogP contribution in [-0.2, 0) is 8.85 Å². The van der Waals surface area contributed by atoms with Crippen molar-refractivity contribution in [2.24, 2.45) is 0 Å². The molecule has 0 N–H and O–H groups in total. The molecular formula is C21H47NO2Si2. The largest absolute Gasteiger partial charge is 0.395 e. The SMILES string of the molecule is CCO[Si](C)(CCCCN(C1CCCCC1)C(C)(C)C)OC(C)[SiH](C)C. The molecule has 2 unspecified atom stereocenters. The fourth-order valence-corrected chi connectivity index (χ4v) is 8.76. The summed E-state index contributed by atoms with van der Waals surface area (Å²) < 4.78 is 12.7. The van der Waals surface area contributed by atoms with Crippen molar-refractivity contribution < 1.29 is 8.85 Å². The molecule has 5 heteroatoms. The van der Waals surface area contributed by atoms with Crippen LogP contribution in [-0.4, -0.2) is 52.7 Å². The second-order valence-electron chi connectivity index (χ2n) is 9.75. The van der Waals surface area contributed by atoms with Gasteiger partial charge in [-0.2, -0.15) is 0 Å². The van der Waals surface area contributed by atoms with Crippen molar-refractivity contribution in [3.63, 3.8) is 0 Å². The highest BCUT2D eigenvalue weighted by Gasteiger charge is 2.34. The summed E-state index contributed by atoms with van der Waals surface area (Å²) >= 11 is 0. The molecule has 1 rings (SSSR count). The molecule has 1 fully saturated rings. The Labute approximate surface area is 167 Å². The van der Waals surface area contributed by atoms with E-state index in [0.717, 1.165) is 18.7 Å². The van der Waals surface area contributed by atoms with Gasteiger partial charge in [-0.25, -0.2) is 0 Å². The lowest BCUT2D eigenvalue weighted by Gasteiger charge is -2.43. The topological polar surface area (TPSA) is 21.7 Å². The van der Waals surface area contributed by atoms with Gasteiger partial charge in [0, 0.05) is 23.9 Å². The second-order valence-corrected chi connectivity index (χ2v) is 16.5. The third kappa shape index (κ3) is 8.55. The molecule has 1 aliphatic rings. The summed E-state index contributed by atoms with van der Waals surface area (Å²) in [6.45, 7) is 20.6. The standard InChI is InChI=1S/C21H47NO2Si2/c1-9-23-26(8,24-19(2)25(6)7)18-14-13-17-22(21(3,4)5)20-15-11-10-12-16-20/h19-20,25H,9-18H2,1-8H3. The summed E-state index contributed by atoms with van der Waals surface area (Å²) in [5, 5.41) is 0. The lowest BCUT2D eigenvalue weighted by molar-refractivity contribution is 0.0586. The van der Waals surface area contributed by atoms with Crippen LogP contribution in [0.25, 0.3) is 0 Å². The Morgan fingerprint density at radius 2 is 1.73 bits per heavy atom. The van der Waals surface area contributed by atoms with E-state index >= 15 is 0 Å². The maximum Gasteiger partial charge on any atom is 0.334 e. The second kappa shape index (κ2) is 11.3. The molecule has 0 bridgehead atoms. The number of hydrogen-bond acceptors (Lipinski definition) is 3. The van der Waals surface area contributed by atoms with Gasteiger partial charge in [0.05, 0.1) is 8.80 Å². The molecule has 1 saturated carbocycles. The zero-order valence-electron chi connectivity index (χ0n) is 19.1. The van der Waals surface area contributed by atoms with Crippen molar-refractivity contribution in [1.29, 1.82) is 0 Å². The van der Waals surface area contributed by atoms with Crippen LogP contribution in [0.2, 0.25) is 25.7 Å². The van der Waals surface area contributed by atoms with Gasteiger partial charge >= 0.3 is 8.56 Å². The number of rotatable bonds is 11. The molecular weight excluding hydrogens is 354 g/mol. The van der Waals surface area contributed by atoms with E-state index in [9.17, 15) is 0 Å². The summed E-state index contributed by atoms with van der Waals surface area (Å²) in [5.41, 5.74) is 0.697. The van der Waals surface area contributed by atoms with Gasteiger partial charge in [-0.15, -0.1) is 0 Å². The Kier molecular flexibility index (Phi) is 10.6. The molecule has 0 heterocycles. The zero-order chi connectivity index (χ0) is 19.8. The molecule has 0 aliphatic heterocycles. The third-order valence-corrected chi connectivity index (χ3v) is 11.3. The average Bonchev–Trinajstić information content (AvgIpc) is 2.54. The van der Waals surface area contributed by atoms with Gasteiger partial charge in [0.1, 0.15) is 0 Å². The smallest absolute Gasteiger partial charge is 0.334 e. The van der Waals surface area contributed by atoms with Crippen LogP contribution < -0.4 is 0 Å². The van der Waals surface area contributed by atoms with Crippen molar-refractivity contribution in [3.05, 3.63) is 0 Å². The van der Waals surface area contributed by atoms with Crippen LogP contribution in [0.3, 0.4) is 0 Å². The maximum atomic E-state index is 6.50. The van der Waals surface area contributed by atoms with Crippen LogP contribution in [0, 0.1) is 0 Å². The first-order valence-electron chi connectivity index (χ1n) is 11.2. The summed E-state index contributed by atoms with van der Waals surface area (Å²) in [5.74, 6) is 0. The Morgan fingerprint density at radius 3 is 2.23 bits per heavy atom. The van der Waals surface area contributed by atoms with Crippen molar-refractivity contribution in [3.8, 4) is 0 Å². The summed E-state index contributed by atoms with van der Waals surface area (Å²) in [4.78, 5) is 2.79. The highest BCUT2D eigenvalue weighted by Crippen LogP contribution is 2.29. The predicted molar refractivity (Wildman–Crippen MR) is 120 cm³/mol. The van der Waals surface area contributed by atoms with Crippen LogP contribution in [0.1, 0.15) is 79.6 Å². The van der Waals surface area contributed by atoms with Gasteiger partial charge in [0.25, 0.3) is 0 Å². The fourth-order valence-electron chi connectivity index (χ4n) is 4.19. The van der Waals surface area contributed by atoms with Crippen molar-refractivity contribution >= 4 is 17.4 Å². The maximum absolute atomic E-state index is 6.50. The molecule has 0 aromatic rings. The minimum Gasteiger partial charge on any atom is -0.395 e. The van der Waals surface area contributed by atoms with Gasteiger partial charge in [0.15, 0.2) is 0 Å². The van der Waals surface area contributed by atoms with E-state index in [1.807, 2.05) is 0 Å². The summed E-state index contributed by atoms with van der Waals surface area (Å²) in [6, 6.07) is 1.93.